The molecule has 1 aromatic heterocycles. The molecule has 0 unspecified atom stereocenters. The normalized spacial score (nSPS) is 16.4. The number of nitrogens with zero attached hydrogens (tertiary/aromatic N) is 3. The minimum Gasteiger partial charge on any atom is -0.328 e. The molecule has 0 saturated carbocycles. The molecule has 3 aromatic carbocycles. The van der Waals surface area contributed by atoms with Crippen LogP contribution in [0.5, 0.6) is 0 Å². The van der Waals surface area contributed by atoms with E-state index in [4.69, 9.17) is 4.98 Å². The van der Waals surface area contributed by atoms with Crippen LogP contribution in [0, 0.1) is 6.92 Å². The Balaban J connectivity index is 1.40. The lowest BCUT2D eigenvalue weighted by atomic mass is 10.1. The fourth-order valence-corrected chi connectivity index (χ4v) is 4.58. The molecular formula is C27H27N3O. The Bertz CT molecular complexity index is 1190. The summed E-state index contributed by atoms with van der Waals surface area (Å²) in [7, 11) is 0. The fourth-order valence-electron chi connectivity index (χ4n) is 4.58. The maximum atomic E-state index is 12.9. The number of benzene rings is 3. The van der Waals surface area contributed by atoms with Gasteiger partial charge in [-0.15, -0.1) is 0 Å². The summed E-state index contributed by atoms with van der Waals surface area (Å²) in [5, 5.41) is 0. The number of amides is 1. The van der Waals surface area contributed by atoms with Gasteiger partial charge in [0.2, 0.25) is 5.91 Å². The average Bonchev–Trinajstić information content (AvgIpc) is 3.36. The van der Waals surface area contributed by atoms with E-state index in [9.17, 15) is 4.79 Å². The number of aryl methyl sites for hydroxylation is 3. The summed E-state index contributed by atoms with van der Waals surface area (Å²) in [5.41, 5.74) is 5.71. The quantitative estimate of drug-likeness (QED) is 0.422. The highest BCUT2D eigenvalue weighted by Crippen LogP contribution is 2.33. The third kappa shape index (κ3) is 3.98. The Kier molecular flexibility index (Phi) is 5.29. The lowest BCUT2D eigenvalue weighted by Gasteiger charge is -2.17. The molecule has 1 aliphatic heterocycles. The van der Waals surface area contributed by atoms with Crippen LogP contribution in [0.25, 0.3) is 11.0 Å². The summed E-state index contributed by atoms with van der Waals surface area (Å²) in [4.78, 5) is 19.8. The van der Waals surface area contributed by atoms with Gasteiger partial charge in [-0.2, -0.15) is 0 Å². The summed E-state index contributed by atoms with van der Waals surface area (Å²) in [5.74, 6) is 1.33. The average molecular weight is 410 g/mol. The smallest absolute Gasteiger partial charge is 0.227 e. The molecule has 1 amide bonds. The largest absolute Gasteiger partial charge is 0.328 e. The Morgan fingerprint density at radius 2 is 1.68 bits per heavy atom. The minimum atomic E-state index is 0.109. The molecular weight excluding hydrogens is 382 g/mol. The maximum absolute atomic E-state index is 12.9. The van der Waals surface area contributed by atoms with Gasteiger partial charge in [-0.25, -0.2) is 4.98 Å². The van der Waals surface area contributed by atoms with Crippen LogP contribution in [0.2, 0.25) is 0 Å². The van der Waals surface area contributed by atoms with Crippen molar-refractivity contribution in [1.29, 1.82) is 0 Å². The third-order valence-electron chi connectivity index (χ3n) is 6.21. The van der Waals surface area contributed by atoms with E-state index in [2.05, 4.69) is 72.2 Å². The molecule has 1 saturated heterocycles. The number of fused-ring (bicyclic) bond motifs is 1. The summed E-state index contributed by atoms with van der Waals surface area (Å²) in [6, 6.07) is 27.1. The number of carbonyl (C=O) groups excluding carboxylic acids is 1. The molecule has 4 heteroatoms. The molecule has 0 bridgehead atoms. The molecule has 1 aliphatic rings. The zero-order valence-corrected chi connectivity index (χ0v) is 17.9. The topological polar surface area (TPSA) is 38.1 Å². The predicted octanol–water partition coefficient (Wildman–Crippen LogP) is 5.50. The van der Waals surface area contributed by atoms with E-state index in [0.717, 1.165) is 41.9 Å². The molecule has 1 atom stereocenters. The molecule has 156 valence electrons. The summed E-state index contributed by atoms with van der Waals surface area (Å²) in [6.07, 6.45) is 2.58. The zero-order valence-electron chi connectivity index (χ0n) is 17.9. The number of para-hydroxylation sites is 2. The van der Waals surface area contributed by atoms with E-state index in [0.29, 0.717) is 13.0 Å². The number of hydrogen-bond donors (Lipinski definition) is 0. The van der Waals surface area contributed by atoms with Crippen LogP contribution in [0.3, 0.4) is 0 Å². The van der Waals surface area contributed by atoms with Crippen molar-refractivity contribution in [2.75, 3.05) is 11.4 Å². The second-order valence-electron chi connectivity index (χ2n) is 8.44. The van der Waals surface area contributed by atoms with Crippen LogP contribution in [-0.2, 0) is 17.8 Å². The number of carbonyl (C=O) groups is 1. The number of rotatable bonds is 6. The number of aromatic nitrogens is 2. The van der Waals surface area contributed by atoms with Crippen molar-refractivity contribution in [2.24, 2.45) is 0 Å². The van der Waals surface area contributed by atoms with Gasteiger partial charge in [0.25, 0.3) is 0 Å². The van der Waals surface area contributed by atoms with Crippen LogP contribution >= 0.6 is 0 Å². The standard InChI is InChI=1S/C27H27N3O/c1-20-13-15-23(16-14-20)30-19-22(18-26(30)31)27-28-24-11-5-6-12-25(24)29(27)17-7-10-21-8-3-2-4-9-21/h2-6,8-9,11-16,22H,7,10,17-19H2,1H3/t22-/m0/s1. The molecule has 0 spiro atoms. The SMILES string of the molecule is Cc1ccc(N2C[C@@H](c3nc4ccccc4n3CCCc3ccccc3)CC2=O)cc1. The van der Waals surface area contributed by atoms with Gasteiger partial charge >= 0.3 is 0 Å². The van der Waals surface area contributed by atoms with E-state index in [1.165, 1.54) is 11.1 Å². The van der Waals surface area contributed by atoms with Crippen molar-refractivity contribution in [2.45, 2.75) is 38.6 Å². The van der Waals surface area contributed by atoms with Crippen molar-refractivity contribution in [3.63, 3.8) is 0 Å². The van der Waals surface area contributed by atoms with Gasteiger partial charge in [-0.3, -0.25) is 4.79 Å². The Morgan fingerprint density at radius 3 is 2.48 bits per heavy atom. The summed E-state index contributed by atoms with van der Waals surface area (Å²) >= 11 is 0. The van der Waals surface area contributed by atoms with Crippen LogP contribution in [-0.4, -0.2) is 22.0 Å². The molecule has 5 rings (SSSR count). The van der Waals surface area contributed by atoms with E-state index < -0.39 is 0 Å². The third-order valence-corrected chi connectivity index (χ3v) is 6.21. The monoisotopic (exact) mass is 409 g/mol. The zero-order chi connectivity index (χ0) is 21.2. The molecule has 0 N–H and O–H groups in total. The van der Waals surface area contributed by atoms with Gasteiger partial charge in [0.1, 0.15) is 5.82 Å². The number of anilines is 1. The molecule has 31 heavy (non-hydrogen) atoms. The first-order valence-electron chi connectivity index (χ1n) is 11.0. The maximum Gasteiger partial charge on any atom is 0.227 e. The van der Waals surface area contributed by atoms with Crippen LogP contribution in [0.4, 0.5) is 5.69 Å². The van der Waals surface area contributed by atoms with Crippen molar-refractivity contribution in [3.05, 3.63) is 95.8 Å². The van der Waals surface area contributed by atoms with Gasteiger partial charge in [0.05, 0.1) is 11.0 Å². The Hall–Kier alpha value is -3.40. The molecule has 0 radical (unpaired) electrons. The van der Waals surface area contributed by atoms with E-state index in [1.807, 2.05) is 23.1 Å². The van der Waals surface area contributed by atoms with E-state index in [-0.39, 0.29) is 11.8 Å². The molecule has 4 aromatic rings. The predicted molar refractivity (Wildman–Crippen MR) is 125 cm³/mol. The van der Waals surface area contributed by atoms with E-state index in [1.54, 1.807) is 0 Å². The van der Waals surface area contributed by atoms with Crippen molar-refractivity contribution < 1.29 is 4.79 Å². The highest BCUT2D eigenvalue weighted by atomic mass is 16.2. The van der Waals surface area contributed by atoms with Gasteiger partial charge < -0.3 is 9.47 Å². The van der Waals surface area contributed by atoms with Crippen LogP contribution < -0.4 is 4.90 Å². The Labute approximate surface area is 183 Å². The van der Waals surface area contributed by atoms with Crippen molar-refractivity contribution >= 4 is 22.6 Å². The number of hydrogen-bond acceptors (Lipinski definition) is 2. The van der Waals surface area contributed by atoms with Crippen LogP contribution in [0.1, 0.15) is 35.7 Å². The second kappa shape index (κ2) is 8.38. The lowest BCUT2D eigenvalue weighted by Crippen LogP contribution is -2.24. The molecule has 0 aliphatic carbocycles. The summed E-state index contributed by atoms with van der Waals surface area (Å²) in [6.45, 7) is 3.65. The highest BCUT2D eigenvalue weighted by Gasteiger charge is 2.34. The summed E-state index contributed by atoms with van der Waals surface area (Å²) < 4.78 is 2.34. The van der Waals surface area contributed by atoms with Gasteiger partial charge in [0, 0.05) is 31.1 Å². The van der Waals surface area contributed by atoms with Crippen molar-refractivity contribution in [1.82, 2.24) is 9.55 Å². The lowest BCUT2D eigenvalue weighted by molar-refractivity contribution is -0.117. The first-order valence-corrected chi connectivity index (χ1v) is 11.0. The van der Waals surface area contributed by atoms with Gasteiger partial charge in [0.15, 0.2) is 0 Å². The van der Waals surface area contributed by atoms with Gasteiger partial charge in [-0.05, 0) is 49.6 Å². The fraction of sp³-hybridized carbons (Fsp3) is 0.259. The van der Waals surface area contributed by atoms with Gasteiger partial charge in [-0.1, -0.05) is 60.2 Å². The van der Waals surface area contributed by atoms with E-state index >= 15 is 0 Å². The first-order chi connectivity index (χ1) is 15.2. The molecule has 2 heterocycles. The highest BCUT2D eigenvalue weighted by molar-refractivity contribution is 5.96. The number of imidazole rings is 1. The van der Waals surface area contributed by atoms with Crippen LogP contribution in [0.15, 0.2) is 78.9 Å². The Morgan fingerprint density at radius 1 is 0.935 bits per heavy atom. The molecule has 4 nitrogen and oxygen atoms in total. The minimum absolute atomic E-state index is 0.109. The molecule has 1 fully saturated rings. The first kappa shape index (κ1) is 19.6. The van der Waals surface area contributed by atoms with Crippen molar-refractivity contribution in [3.8, 4) is 0 Å². The second-order valence-corrected chi connectivity index (χ2v) is 8.44.